The molecule has 0 radical (unpaired) electrons. The molecule has 0 spiro atoms. The first-order valence-corrected chi connectivity index (χ1v) is 13.9. The number of aromatic amines is 2. The second-order valence-electron chi connectivity index (χ2n) is 9.64. The summed E-state index contributed by atoms with van der Waals surface area (Å²) in [7, 11) is -3.12. The zero-order chi connectivity index (χ0) is 24.9. The van der Waals surface area contributed by atoms with Gasteiger partial charge in [0.05, 0.1) is 27.7 Å². The molecule has 6 rings (SSSR count). The third-order valence-electron chi connectivity index (χ3n) is 6.94. The summed E-state index contributed by atoms with van der Waals surface area (Å²) in [5.41, 5.74) is 11.6. The molecule has 0 atom stereocenters. The number of fused-ring (bicyclic) bond motifs is 2. The van der Waals surface area contributed by atoms with Crippen LogP contribution in [0.3, 0.4) is 0 Å². The van der Waals surface area contributed by atoms with Crippen molar-refractivity contribution in [3.63, 3.8) is 0 Å². The molecular weight excluding hydrogens is 474 g/mol. The van der Waals surface area contributed by atoms with Crippen molar-refractivity contribution in [2.45, 2.75) is 24.1 Å². The summed E-state index contributed by atoms with van der Waals surface area (Å²) in [4.78, 5) is 22.7. The molecule has 1 aliphatic rings. The van der Waals surface area contributed by atoms with Gasteiger partial charge in [0, 0.05) is 31.1 Å². The van der Waals surface area contributed by atoms with E-state index >= 15 is 0 Å². The van der Waals surface area contributed by atoms with Crippen molar-refractivity contribution in [1.29, 1.82) is 0 Å². The third kappa shape index (κ3) is 4.12. The topological polar surface area (TPSA) is 134 Å². The van der Waals surface area contributed by atoms with E-state index in [2.05, 4.69) is 24.8 Å². The molecule has 0 unspecified atom stereocenters. The average molecular weight is 502 g/mol. The number of rotatable bonds is 5. The van der Waals surface area contributed by atoms with Crippen molar-refractivity contribution in [1.82, 2.24) is 24.9 Å². The van der Waals surface area contributed by atoms with Gasteiger partial charge in [-0.2, -0.15) is 0 Å². The monoisotopic (exact) mass is 501 g/mol. The Bertz CT molecular complexity index is 1680. The number of aromatic nitrogens is 5. The Balaban J connectivity index is 1.29. The molecule has 36 heavy (non-hydrogen) atoms. The van der Waals surface area contributed by atoms with Gasteiger partial charge in [0.2, 0.25) is 0 Å². The molecule has 184 valence electrons. The number of imidazole rings is 1. The zero-order valence-corrected chi connectivity index (χ0v) is 20.7. The minimum absolute atomic E-state index is 0.00639. The number of nitrogens with two attached hydrogens (primary N) is 1. The number of H-pyrrole nitrogens is 2. The van der Waals surface area contributed by atoms with Crippen LogP contribution in [0.25, 0.3) is 33.2 Å². The molecule has 3 aromatic heterocycles. The number of anilines is 1. The Kier molecular flexibility index (Phi) is 5.31. The summed E-state index contributed by atoms with van der Waals surface area (Å²) in [5.74, 6) is 1.70. The highest BCUT2D eigenvalue weighted by atomic mass is 32.2. The number of sulfone groups is 1. The van der Waals surface area contributed by atoms with E-state index in [4.69, 9.17) is 10.7 Å². The number of nitrogens with one attached hydrogen (secondary N) is 2. The van der Waals surface area contributed by atoms with Crippen LogP contribution in [0, 0.1) is 0 Å². The first kappa shape index (κ1) is 22.7. The van der Waals surface area contributed by atoms with E-state index in [1.807, 2.05) is 54.7 Å². The molecule has 2 aromatic carbocycles. The molecule has 10 heteroatoms. The SMILES string of the molecule is CS(=O)(=O)Cc1cccc(-c2cccc3[nH]c(C4(N)CCN(c5ncnc6[nH]ccc56)CC4)nc23)c1. The number of hydrogen-bond acceptors (Lipinski definition) is 7. The van der Waals surface area contributed by atoms with Gasteiger partial charge in [-0.15, -0.1) is 0 Å². The second-order valence-corrected chi connectivity index (χ2v) is 11.8. The zero-order valence-electron chi connectivity index (χ0n) is 19.9. The quantitative estimate of drug-likeness (QED) is 0.336. The fourth-order valence-electron chi connectivity index (χ4n) is 5.10. The number of nitrogens with zero attached hydrogens (tertiary/aromatic N) is 4. The number of piperidine rings is 1. The Morgan fingerprint density at radius 2 is 1.89 bits per heavy atom. The molecule has 1 saturated heterocycles. The number of hydrogen-bond donors (Lipinski definition) is 3. The normalized spacial score (nSPS) is 16.1. The summed E-state index contributed by atoms with van der Waals surface area (Å²) in [5, 5.41) is 1.01. The van der Waals surface area contributed by atoms with Crippen LogP contribution in [0.2, 0.25) is 0 Å². The summed E-state index contributed by atoms with van der Waals surface area (Å²) in [6.07, 6.45) is 6.16. The Hall–Kier alpha value is -3.76. The van der Waals surface area contributed by atoms with Crippen LogP contribution in [0.4, 0.5) is 5.82 Å². The van der Waals surface area contributed by atoms with Crippen molar-refractivity contribution < 1.29 is 8.42 Å². The maximum Gasteiger partial charge on any atom is 0.151 e. The van der Waals surface area contributed by atoms with Gasteiger partial charge in [-0.25, -0.2) is 23.4 Å². The summed E-state index contributed by atoms with van der Waals surface area (Å²) in [6.45, 7) is 1.51. The lowest BCUT2D eigenvalue weighted by molar-refractivity contribution is 0.327. The molecule has 5 aromatic rings. The Morgan fingerprint density at radius 3 is 2.69 bits per heavy atom. The molecular formula is C26H27N7O2S. The molecule has 0 bridgehead atoms. The summed E-state index contributed by atoms with van der Waals surface area (Å²) >= 11 is 0. The van der Waals surface area contributed by atoms with E-state index in [1.165, 1.54) is 6.26 Å². The predicted molar refractivity (Wildman–Crippen MR) is 141 cm³/mol. The lowest BCUT2D eigenvalue weighted by atomic mass is 9.88. The standard InChI is InChI=1S/C26H27N7O2S/c1-36(34,35)15-17-4-2-5-18(14-17)19-6-3-7-21-22(19)32-25(31-21)26(27)9-12-33(13-10-26)24-20-8-11-28-23(20)29-16-30-24/h2-8,11,14,16H,9-10,12-13,15,27H2,1H3,(H,31,32)(H,28,29,30). The van der Waals surface area contributed by atoms with E-state index in [1.54, 1.807) is 6.33 Å². The van der Waals surface area contributed by atoms with Crippen molar-refractivity contribution in [2.75, 3.05) is 24.2 Å². The molecule has 0 amide bonds. The lowest BCUT2D eigenvalue weighted by Gasteiger charge is -2.38. The fourth-order valence-corrected chi connectivity index (χ4v) is 5.88. The lowest BCUT2D eigenvalue weighted by Crippen LogP contribution is -2.49. The Morgan fingerprint density at radius 1 is 1.08 bits per heavy atom. The minimum Gasteiger partial charge on any atom is -0.356 e. The van der Waals surface area contributed by atoms with Crippen LogP contribution >= 0.6 is 0 Å². The molecule has 9 nitrogen and oxygen atoms in total. The highest BCUT2D eigenvalue weighted by molar-refractivity contribution is 7.89. The smallest absolute Gasteiger partial charge is 0.151 e. The van der Waals surface area contributed by atoms with Crippen molar-refractivity contribution >= 4 is 37.7 Å². The van der Waals surface area contributed by atoms with E-state index in [0.29, 0.717) is 0 Å². The van der Waals surface area contributed by atoms with Crippen LogP contribution < -0.4 is 10.6 Å². The summed E-state index contributed by atoms with van der Waals surface area (Å²) in [6, 6.07) is 15.6. The molecule has 4 heterocycles. The molecule has 0 aliphatic carbocycles. The second kappa shape index (κ2) is 8.42. The van der Waals surface area contributed by atoms with Gasteiger partial charge in [0.15, 0.2) is 9.84 Å². The highest BCUT2D eigenvalue weighted by Gasteiger charge is 2.36. The maximum atomic E-state index is 11.8. The van der Waals surface area contributed by atoms with Crippen LogP contribution in [0.1, 0.15) is 24.2 Å². The molecule has 1 aliphatic heterocycles. The Labute approximate surface area is 208 Å². The van der Waals surface area contributed by atoms with E-state index < -0.39 is 15.4 Å². The van der Waals surface area contributed by atoms with Crippen molar-refractivity contribution in [3.8, 4) is 11.1 Å². The minimum atomic E-state index is -3.12. The van der Waals surface area contributed by atoms with Crippen LogP contribution in [-0.2, 0) is 21.1 Å². The summed E-state index contributed by atoms with van der Waals surface area (Å²) < 4.78 is 23.6. The number of benzene rings is 2. The van der Waals surface area contributed by atoms with Gasteiger partial charge >= 0.3 is 0 Å². The van der Waals surface area contributed by atoms with E-state index in [0.717, 1.165) is 76.3 Å². The van der Waals surface area contributed by atoms with Gasteiger partial charge in [-0.05, 0) is 36.1 Å². The highest BCUT2D eigenvalue weighted by Crippen LogP contribution is 2.35. The first-order valence-electron chi connectivity index (χ1n) is 11.9. The van der Waals surface area contributed by atoms with Gasteiger partial charge in [-0.3, -0.25) is 0 Å². The van der Waals surface area contributed by atoms with Crippen molar-refractivity contribution in [3.05, 3.63) is 72.4 Å². The third-order valence-corrected chi connectivity index (χ3v) is 7.80. The predicted octanol–water partition coefficient (Wildman–Crippen LogP) is 3.50. The fraction of sp³-hybridized carbons (Fsp3) is 0.269. The first-order chi connectivity index (χ1) is 17.3. The van der Waals surface area contributed by atoms with Crippen LogP contribution in [0.15, 0.2) is 61.1 Å². The average Bonchev–Trinajstić information content (AvgIpc) is 3.51. The molecule has 1 fully saturated rings. The van der Waals surface area contributed by atoms with Gasteiger partial charge < -0.3 is 20.6 Å². The van der Waals surface area contributed by atoms with Crippen LogP contribution in [0.5, 0.6) is 0 Å². The number of para-hydroxylation sites is 1. The van der Waals surface area contributed by atoms with E-state index in [-0.39, 0.29) is 5.75 Å². The van der Waals surface area contributed by atoms with Crippen LogP contribution in [-0.4, -0.2) is 52.7 Å². The van der Waals surface area contributed by atoms with Gasteiger partial charge in [0.25, 0.3) is 0 Å². The largest absolute Gasteiger partial charge is 0.356 e. The van der Waals surface area contributed by atoms with Crippen molar-refractivity contribution in [2.24, 2.45) is 5.73 Å². The van der Waals surface area contributed by atoms with Gasteiger partial charge in [-0.1, -0.05) is 36.4 Å². The van der Waals surface area contributed by atoms with Gasteiger partial charge in [0.1, 0.15) is 23.6 Å². The molecule has 4 N–H and O–H groups in total. The van der Waals surface area contributed by atoms with E-state index in [9.17, 15) is 8.42 Å². The maximum absolute atomic E-state index is 11.8. The molecule has 0 saturated carbocycles.